The van der Waals surface area contributed by atoms with Crippen molar-refractivity contribution < 1.29 is 4.79 Å². The van der Waals surface area contributed by atoms with Crippen LogP contribution in [-0.4, -0.2) is 36.5 Å². The molecular weight excluding hydrogens is 260 g/mol. The van der Waals surface area contributed by atoms with Gasteiger partial charge >= 0.3 is 0 Å². The third kappa shape index (κ3) is 4.96. The van der Waals surface area contributed by atoms with E-state index in [1.807, 2.05) is 0 Å². The third-order valence-corrected chi connectivity index (χ3v) is 4.64. The topological polar surface area (TPSA) is 32.3 Å². The molecule has 2 aliphatic heterocycles. The SMILES string of the molecule is CCC1CCCCN1C(=O)CCC1CCNCC1.Cl. The van der Waals surface area contributed by atoms with Crippen LogP contribution in [0.5, 0.6) is 0 Å². The number of hydrogen-bond donors (Lipinski definition) is 1. The van der Waals surface area contributed by atoms with E-state index in [4.69, 9.17) is 0 Å². The summed E-state index contributed by atoms with van der Waals surface area (Å²) in [4.78, 5) is 14.5. The number of halogens is 1. The van der Waals surface area contributed by atoms with Crippen LogP contribution < -0.4 is 5.32 Å². The maximum absolute atomic E-state index is 12.3. The fraction of sp³-hybridized carbons (Fsp3) is 0.933. The van der Waals surface area contributed by atoms with E-state index in [1.54, 1.807) is 0 Å². The quantitative estimate of drug-likeness (QED) is 0.862. The lowest BCUT2D eigenvalue weighted by molar-refractivity contribution is -0.135. The van der Waals surface area contributed by atoms with Crippen LogP contribution in [0.25, 0.3) is 0 Å². The van der Waals surface area contributed by atoms with Crippen molar-refractivity contribution in [3.8, 4) is 0 Å². The van der Waals surface area contributed by atoms with Crippen LogP contribution >= 0.6 is 12.4 Å². The molecule has 2 heterocycles. The molecule has 0 saturated carbocycles. The highest BCUT2D eigenvalue weighted by Gasteiger charge is 2.25. The van der Waals surface area contributed by atoms with E-state index in [1.165, 1.54) is 32.1 Å². The fourth-order valence-electron chi connectivity index (χ4n) is 3.39. The highest BCUT2D eigenvalue weighted by molar-refractivity contribution is 5.85. The maximum Gasteiger partial charge on any atom is 0.222 e. The number of nitrogens with one attached hydrogen (secondary N) is 1. The predicted molar refractivity (Wildman–Crippen MR) is 81.7 cm³/mol. The second kappa shape index (κ2) is 8.80. The van der Waals surface area contributed by atoms with Crippen molar-refractivity contribution in [2.24, 2.45) is 5.92 Å². The number of likely N-dealkylation sites (tertiary alicyclic amines) is 1. The van der Waals surface area contributed by atoms with Gasteiger partial charge < -0.3 is 10.2 Å². The molecule has 1 unspecified atom stereocenters. The first kappa shape index (κ1) is 16.8. The number of amides is 1. The van der Waals surface area contributed by atoms with E-state index in [-0.39, 0.29) is 12.4 Å². The highest BCUT2D eigenvalue weighted by atomic mass is 35.5. The first-order valence-electron chi connectivity index (χ1n) is 7.81. The summed E-state index contributed by atoms with van der Waals surface area (Å²) in [7, 11) is 0. The highest BCUT2D eigenvalue weighted by Crippen LogP contribution is 2.23. The van der Waals surface area contributed by atoms with Gasteiger partial charge in [-0.05, 0) is 64.0 Å². The molecule has 0 radical (unpaired) electrons. The minimum Gasteiger partial charge on any atom is -0.340 e. The van der Waals surface area contributed by atoms with Crippen LogP contribution in [0.1, 0.15) is 58.3 Å². The summed E-state index contributed by atoms with van der Waals surface area (Å²) >= 11 is 0. The van der Waals surface area contributed by atoms with Crippen molar-refractivity contribution >= 4 is 18.3 Å². The molecule has 1 amide bonds. The molecule has 112 valence electrons. The third-order valence-electron chi connectivity index (χ3n) is 4.64. The Balaban J connectivity index is 0.00000180. The van der Waals surface area contributed by atoms with Crippen LogP contribution in [0, 0.1) is 5.92 Å². The van der Waals surface area contributed by atoms with Gasteiger partial charge in [0, 0.05) is 19.0 Å². The van der Waals surface area contributed by atoms with Gasteiger partial charge in [-0.25, -0.2) is 0 Å². The fourth-order valence-corrected chi connectivity index (χ4v) is 3.39. The number of hydrogen-bond acceptors (Lipinski definition) is 2. The molecule has 19 heavy (non-hydrogen) atoms. The van der Waals surface area contributed by atoms with Gasteiger partial charge in [0.2, 0.25) is 5.91 Å². The van der Waals surface area contributed by atoms with E-state index >= 15 is 0 Å². The Kier molecular flexibility index (Phi) is 7.77. The Hall–Kier alpha value is -0.280. The van der Waals surface area contributed by atoms with Gasteiger partial charge in [-0.3, -0.25) is 4.79 Å². The van der Waals surface area contributed by atoms with Crippen molar-refractivity contribution in [1.29, 1.82) is 0 Å². The van der Waals surface area contributed by atoms with Crippen molar-refractivity contribution in [3.63, 3.8) is 0 Å². The Morgan fingerprint density at radius 3 is 2.63 bits per heavy atom. The van der Waals surface area contributed by atoms with Crippen LogP contribution in [0.15, 0.2) is 0 Å². The zero-order chi connectivity index (χ0) is 12.8. The molecule has 3 nitrogen and oxygen atoms in total. The summed E-state index contributed by atoms with van der Waals surface area (Å²) in [5.74, 6) is 1.19. The first-order chi connectivity index (χ1) is 8.81. The van der Waals surface area contributed by atoms with E-state index in [2.05, 4.69) is 17.1 Å². The lowest BCUT2D eigenvalue weighted by Gasteiger charge is -2.35. The Labute approximate surface area is 123 Å². The minimum atomic E-state index is 0. The zero-order valence-corrected chi connectivity index (χ0v) is 13.0. The van der Waals surface area contributed by atoms with Gasteiger partial charge in [-0.15, -0.1) is 12.4 Å². The van der Waals surface area contributed by atoms with Gasteiger partial charge in [0.05, 0.1) is 0 Å². The number of rotatable bonds is 4. The van der Waals surface area contributed by atoms with Gasteiger partial charge in [0.25, 0.3) is 0 Å². The molecular formula is C15H29ClN2O. The molecule has 0 aromatic heterocycles. The lowest BCUT2D eigenvalue weighted by atomic mass is 9.92. The summed E-state index contributed by atoms with van der Waals surface area (Å²) in [5, 5.41) is 3.39. The van der Waals surface area contributed by atoms with Crippen molar-refractivity contribution in [3.05, 3.63) is 0 Å². The van der Waals surface area contributed by atoms with E-state index in [0.29, 0.717) is 11.9 Å². The zero-order valence-electron chi connectivity index (χ0n) is 12.2. The molecule has 0 aliphatic carbocycles. The standard InChI is InChI=1S/C15H28N2O.ClH/c1-2-14-5-3-4-12-17(14)15(18)7-6-13-8-10-16-11-9-13;/h13-14,16H,2-12H2,1H3;1H. The van der Waals surface area contributed by atoms with Gasteiger partial charge in [0.15, 0.2) is 0 Å². The summed E-state index contributed by atoms with van der Waals surface area (Å²) < 4.78 is 0. The summed E-state index contributed by atoms with van der Waals surface area (Å²) in [6.45, 7) is 5.49. The molecule has 2 fully saturated rings. The second-order valence-corrected chi connectivity index (χ2v) is 5.88. The van der Waals surface area contributed by atoms with Crippen molar-refractivity contribution in [2.75, 3.05) is 19.6 Å². The molecule has 1 N–H and O–H groups in total. The van der Waals surface area contributed by atoms with E-state index in [9.17, 15) is 4.79 Å². The van der Waals surface area contributed by atoms with Gasteiger partial charge in [-0.1, -0.05) is 6.92 Å². The van der Waals surface area contributed by atoms with Crippen LogP contribution in [0.3, 0.4) is 0 Å². The Morgan fingerprint density at radius 2 is 1.95 bits per heavy atom. The summed E-state index contributed by atoms with van der Waals surface area (Å²) in [5.41, 5.74) is 0. The number of carbonyl (C=O) groups excluding carboxylic acids is 1. The minimum absolute atomic E-state index is 0. The number of nitrogens with zero attached hydrogens (tertiary/aromatic N) is 1. The molecule has 2 rings (SSSR count). The summed E-state index contributed by atoms with van der Waals surface area (Å²) in [6.07, 6.45) is 9.24. The smallest absolute Gasteiger partial charge is 0.222 e. The van der Waals surface area contributed by atoms with Crippen LogP contribution in [-0.2, 0) is 4.79 Å². The molecule has 0 bridgehead atoms. The lowest BCUT2D eigenvalue weighted by Crippen LogP contribution is -2.43. The van der Waals surface area contributed by atoms with Gasteiger partial charge in [0.1, 0.15) is 0 Å². The van der Waals surface area contributed by atoms with E-state index < -0.39 is 0 Å². The van der Waals surface area contributed by atoms with Crippen LogP contribution in [0.2, 0.25) is 0 Å². The van der Waals surface area contributed by atoms with Crippen LogP contribution in [0.4, 0.5) is 0 Å². The monoisotopic (exact) mass is 288 g/mol. The number of piperidine rings is 2. The average molecular weight is 289 g/mol. The maximum atomic E-state index is 12.3. The molecule has 0 spiro atoms. The molecule has 0 aromatic carbocycles. The molecule has 2 saturated heterocycles. The predicted octanol–water partition coefficient (Wildman–Crippen LogP) is 2.98. The molecule has 4 heteroatoms. The van der Waals surface area contributed by atoms with Crippen molar-refractivity contribution in [2.45, 2.75) is 64.3 Å². The largest absolute Gasteiger partial charge is 0.340 e. The molecule has 2 aliphatic rings. The second-order valence-electron chi connectivity index (χ2n) is 5.88. The summed E-state index contributed by atoms with van der Waals surface area (Å²) in [6, 6.07) is 0.527. The molecule has 0 aromatic rings. The average Bonchev–Trinajstić information content (AvgIpc) is 2.45. The Morgan fingerprint density at radius 1 is 1.21 bits per heavy atom. The van der Waals surface area contributed by atoms with Gasteiger partial charge in [-0.2, -0.15) is 0 Å². The number of carbonyl (C=O) groups is 1. The van der Waals surface area contributed by atoms with E-state index in [0.717, 1.165) is 44.8 Å². The normalized spacial score (nSPS) is 24.9. The first-order valence-corrected chi connectivity index (χ1v) is 7.81. The molecule has 1 atom stereocenters. The van der Waals surface area contributed by atoms with Crippen molar-refractivity contribution in [1.82, 2.24) is 10.2 Å². The Bertz CT molecular complexity index is 267.